The zero-order valence-electron chi connectivity index (χ0n) is 13.8. The largest absolute Gasteiger partial charge is 0.348 e. The molecule has 5 nitrogen and oxygen atoms in total. The van der Waals surface area contributed by atoms with Crippen molar-refractivity contribution in [2.45, 2.75) is 19.4 Å². The van der Waals surface area contributed by atoms with Gasteiger partial charge in [0.05, 0.1) is 5.69 Å². The van der Waals surface area contributed by atoms with Gasteiger partial charge in [0.25, 0.3) is 5.56 Å². The van der Waals surface area contributed by atoms with Crippen LogP contribution in [0.25, 0.3) is 0 Å². The van der Waals surface area contributed by atoms with Crippen molar-refractivity contribution < 1.29 is 4.39 Å². The Morgan fingerprint density at radius 2 is 2.08 bits per heavy atom. The first kappa shape index (κ1) is 16.9. The van der Waals surface area contributed by atoms with Gasteiger partial charge in [-0.25, -0.2) is 9.37 Å². The third-order valence-corrected chi connectivity index (χ3v) is 4.50. The Morgan fingerprint density at radius 3 is 2.79 bits per heavy atom. The number of benzene rings is 1. The van der Waals surface area contributed by atoms with E-state index < -0.39 is 0 Å². The molecule has 0 aliphatic carbocycles. The number of anilines is 1. The lowest BCUT2D eigenvalue weighted by molar-refractivity contribution is 0.274. The molecule has 7 heteroatoms. The maximum absolute atomic E-state index is 14.0. The van der Waals surface area contributed by atoms with E-state index in [9.17, 15) is 9.18 Å². The van der Waals surface area contributed by atoms with E-state index in [1.165, 1.54) is 6.07 Å². The molecule has 1 N–H and O–H groups in total. The number of nitrogens with one attached hydrogen (secondary N) is 1. The predicted molar refractivity (Wildman–Crippen MR) is 93.3 cm³/mol. The highest BCUT2D eigenvalue weighted by atomic mass is 35.5. The average Bonchev–Trinajstić information content (AvgIpc) is 2.73. The van der Waals surface area contributed by atoms with E-state index in [2.05, 4.69) is 14.9 Å². The minimum absolute atomic E-state index is 0.0803. The Balaban J connectivity index is 1.78. The Kier molecular flexibility index (Phi) is 4.87. The fourth-order valence-corrected chi connectivity index (χ4v) is 3.06. The number of aromatic nitrogens is 2. The molecular weight excluding hydrogens is 331 g/mol. The monoisotopic (exact) mass is 350 g/mol. The summed E-state index contributed by atoms with van der Waals surface area (Å²) in [5.41, 5.74) is 2.10. The summed E-state index contributed by atoms with van der Waals surface area (Å²) in [4.78, 5) is 23.6. The van der Waals surface area contributed by atoms with Crippen LogP contribution in [0.5, 0.6) is 0 Å². The van der Waals surface area contributed by atoms with Gasteiger partial charge in [0.1, 0.15) is 5.82 Å². The molecule has 24 heavy (non-hydrogen) atoms. The average molecular weight is 351 g/mol. The van der Waals surface area contributed by atoms with Crippen molar-refractivity contribution in [2.24, 2.45) is 0 Å². The van der Waals surface area contributed by atoms with Gasteiger partial charge in [-0.05, 0) is 18.6 Å². The molecule has 3 rings (SSSR count). The van der Waals surface area contributed by atoms with E-state index in [4.69, 9.17) is 11.6 Å². The molecule has 0 saturated heterocycles. The molecule has 0 spiro atoms. The normalized spacial score (nSPS) is 15.0. The lowest BCUT2D eigenvalue weighted by Crippen LogP contribution is -2.26. The third-order valence-electron chi connectivity index (χ3n) is 4.26. The van der Waals surface area contributed by atoms with Crippen LogP contribution in [0, 0.1) is 5.82 Å². The number of hydrogen-bond donors (Lipinski definition) is 1. The van der Waals surface area contributed by atoms with Crippen LogP contribution < -0.4 is 10.5 Å². The fraction of sp³-hybridized carbons (Fsp3) is 0.412. The predicted octanol–water partition coefficient (Wildman–Crippen LogP) is 2.23. The summed E-state index contributed by atoms with van der Waals surface area (Å²) >= 11 is 5.80. The van der Waals surface area contributed by atoms with Gasteiger partial charge >= 0.3 is 0 Å². The molecule has 0 amide bonds. The van der Waals surface area contributed by atoms with Gasteiger partial charge in [0, 0.05) is 56.3 Å². The summed E-state index contributed by atoms with van der Waals surface area (Å²) in [7, 11) is 3.69. The maximum Gasteiger partial charge on any atom is 0.255 e. The van der Waals surface area contributed by atoms with Crippen LogP contribution in [0.4, 0.5) is 10.3 Å². The zero-order chi connectivity index (χ0) is 17.3. The molecule has 1 aromatic heterocycles. The summed E-state index contributed by atoms with van der Waals surface area (Å²) in [5, 5.41) is 0.395. The van der Waals surface area contributed by atoms with Crippen LogP contribution in [0.3, 0.4) is 0 Å². The van der Waals surface area contributed by atoms with Crippen LogP contribution >= 0.6 is 11.6 Å². The first-order valence-electron chi connectivity index (χ1n) is 7.89. The van der Waals surface area contributed by atoms with Crippen molar-refractivity contribution in [1.82, 2.24) is 14.9 Å². The van der Waals surface area contributed by atoms with Crippen molar-refractivity contribution >= 4 is 17.5 Å². The summed E-state index contributed by atoms with van der Waals surface area (Å²) in [6, 6.07) is 4.74. The summed E-state index contributed by atoms with van der Waals surface area (Å²) in [6.45, 7) is 1.93. The fourth-order valence-electron chi connectivity index (χ4n) is 2.90. The standard InChI is InChI=1S/C17H20ClFN4O/c1-22(2)17-20-15-6-8-23(7-5-13(15)16(24)21-17)10-11-3-4-12(18)9-14(11)19/h3-4,9H,5-8,10H2,1-2H3,(H,20,21,24). The Bertz CT molecular complexity index is 806. The van der Waals surface area contributed by atoms with Crippen molar-refractivity contribution in [1.29, 1.82) is 0 Å². The van der Waals surface area contributed by atoms with Gasteiger partial charge < -0.3 is 4.90 Å². The third kappa shape index (κ3) is 3.60. The van der Waals surface area contributed by atoms with E-state index >= 15 is 0 Å². The molecule has 2 aromatic rings. The van der Waals surface area contributed by atoms with E-state index in [-0.39, 0.29) is 11.4 Å². The quantitative estimate of drug-likeness (QED) is 0.922. The molecule has 0 bridgehead atoms. The highest BCUT2D eigenvalue weighted by Gasteiger charge is 2.20. The second-order valence-corrected chi connectivity index (χ2v) is 6.66. The van der Waals surface area contributed by atoms with E-state index in [1.807, 2.05) is 14.1 Å². The van der Waals surface area contributed by atoms with Crippen LogP contribution in [0.2, 0.25) is 5.02 Å². The molecular formula is C17H20ClFN4O. The van der Waals surface area contributed by atoms with Crippen molar-refractivity contribution in [2.75, 3.05) is 32.1 Å². The van der Waals surface area contributed by atoms with E-state index in [0.717, 1.165) is 17.8 Å². The SMILES string of the molecule is CN(C)c1nc2c(c(=O)[nH]1)CCN(Cc1ccc(Cl)cc1F)CC2. The minimum atomic E-state index is -0.296. The molecule has 128 valence electrons. The molecule has 0 radical (unpaired) electrons. The zero-order valence-corrected chi connectivity index (χ0v) is 14.5. The lowest BCUT2D eigenvalue weighted by Gasteiger charge is -2.20. The molecule has 2 heterocycles. The van der Waals surface area contributed by atoms with Gasteiger partial charge in [-0.2, -0.15) is 0 Å². The lowest BCUT2D eigenvalue weighted by atomic mass is 10.1. The molecule has 1 aliphatic heterocycles. The molecule has 0 atom stereocenters. The number of rotatable bonds is 3. The topological polar surface area (TPSA) is 52.2 Å². The van der Waals surface area contributed by atoms with Crippen molar-refractivity contribution in [3.8, 4) is 0 Å². The second-order valence-electron chi connectivity index (χ2n) is 6.22. The summed E-state index contributed by atoms with van der Waals surface area (Å²) in [5.74, 6) is 0.270. The van der Waals surface area contributed by atoms with Crippen LogP contribution in [-0.2, 0) is 19.4 Å². The van der Waals surface area contributed by atoms with Crippen LogP contribution in [-0.4, -0.2) is 42.1 Å². The Morgan fingerprint density at radius 1 is 1.33 bits per heavy atom. The maximum atomic E-state index is 14.0. The first-order valence-corrected chi connectivity index (χ1v) is 8.27. The van der Waals surface area contributed by atoms with Gasteiger partial charge in [-0.1, -0.05) is 17.7 Å². The van der Waals surface area contributed by atoms with Gasteiger partial charge in [0.15, 0.2) is 0 Å². The molecule has 1 aliphatic rings. The van der Waals surface area contributed by atoms with E-state index in [0.29, 0.717) is 42.5 Å². The number of aromatic amines is 1. The first-order chi connectivity index (χ1) is 11.4. The summed E-state index contributed by atoms with van der Waals surface area (Å²) < 4.78 is 14.0. The number of hydrogen-bond acceptors (Lipinski definition) is 4. The minimum Gasteiger partial charge on any atom is -0.348 e. The number of nitrogens with zero attached hydrogens (tertiary/aromatic N) is 3. The second kappa shape index (κ2) is 6.91. The molecule has 1 aromatic carbocycles. The Hall–Kier alpha value is -1.92. The Labute approximate surface area is 145 Å². The van der Waals surface area contributed by atoms with Gasteiger partial charge in [-0.3, -0.25) is 14.7 Å². The molecule has 0 unspecified atom stereocenters. The molecule has 0 fully saturated rings. The van der Waals surface area contributed by atoms with E-state index in [1.54, 1.807) is 17.0 Å². The van der Waals surface area contributed by atoms with Gasteiger partial charge in [0.2, 0.25) is 5.95 Å². The number of H-pyrrole nitrogens is 1. The van der Waals surface area contributed by atoms with Gasteiger partial charge in [-0.15, -0.1) is 0 Å². The summed E-state index contributed by atoms with van der Waals surface area (Å²) in [6.07, 6.45) is 1.29. The highest BCUT2D eigenvalue weighted by Crippen LogP contribution is 2.19. The van der Waals surface area contributed by atoms with Crippen LogP contribution in [0.1, 0.15) is 16.8 Å². The van der Waals surface area contributed by atoms with Crippen LogP contribution in [0.15, 0.2) is 23.0 Å². The highest BCUT2D eigenvalue weighted by molar-refractivity contribution is 6.30. The molecule has 0 saturated carbocycles. The number of halogens is 2. The number of fused-ring (bicyclic) bond motifs is 1. The smallest absolute Gasteiger partial charge is 0.255 e. The van der Waals surface area contributed by atoms with Crippen molar-refractivity contribution in [3.05, 3.63) is 56.2 Å². The van der Waals surface area contributed by atoms with Crippen molar-refractivity contribution in [3.63, 3.8) is 0 Å².